The summed E-state index contributed by atoms with van der Waals surface area (Å²) < 4.78 is 29.0. The topological polar surface area (TPSA) is 92.6 Å². The van der Waals surface area contributed by atoms with Crippen LogP contribution in [0.1, 0.15) is 28.0 Å². The third-order valence-corrected chi connectivity index (χ3v) is 9.80. The smallest absolute Gasteiger partial charge is 0.262 e. The van der Waals surface area contributed by atoms with Crippen LogP contribution in [0.5, 0.6) is 0 Å². The van der Waals surface area contributed by atoms with E-state index in [4.69, 9.17) is 0 Å². The van der Waals surface area contributed by atoms with E-state index < -0.39 is 10.0 Å². The van der Waals surface area contributed by atoms with Crippen LogP contribution in [0.4, 0.5) is 0 Å². The number of rotatable bonds is 4. The monoisotopic (exact) mass is 486 g/mol. The van der Waals surface area contributed by atoms with E-state index in [1.165, 1.54) is 20.1 Å². The molecule has 0 bridgehead atoms. The van der Waals surface area contributed by atoms with Gasteiger partial charge < -0.3 is 4.90 Å². The van der Waals surface area contributed by atoms with E-state index in [-0.39, 0.29) is 31.1 Å². The van der Waals surface area contributed by atoms with Gasteiger partial charge >= 0.3 is 0 Å². The number of thiophene rings is 1. The van der Waals surface area contributed by atoms with Gasteiger partial charge in [-0.05, 0) is 50.3 Å². The van der Waals surface area contributed by atoms with E-state index in [1.807, 2.05) is 13.0 Å². The predicted octanol–water partition coefficient (Wildman–Crippen LogP) is 2.10. The van der Waals surface area contributed by atoms with Crippen LogP contribution in [0.25, 0.3) is 10.2 Å². The van der Waals surface area contributed by atoms with Crippen molar-refractivity contribution in [3.05, 3.63) is 56.4 Å². The van der Waals surface area contributed by atoms with E-state index in [0.717, 1.165) is 40.8 Å². The Morgan fingerprint density at radius 1 is 1.12 bits per heavy atom. The van der Waals surface area contributed by atoms with Gasteiger partial charge in [-0.15, -0.1) is 11.3 Å². The lowest BCUT2D eigenvalue weighted by Gasteiger charge is -2.34. The van der Waals surface area contributed by atoms with E-state index in [1.54, 1.807) is 35.3 Å². The minimum Gasteiger partial charge on any atom is -0.338 e. The summed E-state index contributed by atoms with van der Waals surface area (Å²) in [6.07, 6.45) is 4.39. The zero-order valence-corrected chi connectivity index (χ0v) is 20.3. The number of piperazine rings is 1. The number of nitrogens with zero attached hydrogens (tertiary/aromatic N) is 4. The van der Waals surface area contributed by atoms with E-state index in [0.29, 0.717) is 23.4 Å². The Morgan fingerprint density at radius 2 is 1.88 bits per heavy atom. The molecule has 0 spiro atoms. The van der Waals surface area contributed by atoms with E-state index >= 15 is 0 Å². The molecule has 3 heterocycles. The summed E-state index contributed by atoms with van der Waals surface area (Å²) in [5.74, 6) is -0.200. The molecule has 174 valence electrons. The fourth-order valence-corrected chi connectivity index (χ4v) is 7.63. The largest absolute Gasteiger partial charge is 0.338 e. The Kier molecular flexibility index (Phi) is 5.62. The second kappa shape index (κ2) is 8.34. The molecule has 1 amide bonds. The molecule has 1 saturated heterocycles. The molecule has 2 aliphatic rings. The maximum atomic E-state index is 13.1. The summed E-state index contributed by atoms with van der Waals surface area (Å²) >= 11 is 1.58. The molecule has 0 N–H and O–H groups in total. The highest BCUT2D eigenvalue weighted by Crippen LogP contribution is 2.34. The van der Waals surface area contributed by atoms with Gasteiger partial charge in [0.25, 0.3) is 5.56 Å². The first-order valence-corrected chi connectivity index (χ1v) is 13.4. The van der Waals surface area contributed by atoms with E-state index in [2.05, 4.69) is 4.98 Å². The number of aryl methyl sites for hydroxylation is 4. The molecule has 33 heavy (non-hydrogen) atoms. The number of amides is 1. The molecule has 5 rings (SSSR count). The second-order valence-corrected chi connectivity index (χ2v) is 11.8. The molecule has 0 atom stereocenters. The third kappa shape index (κ3) is 3.89. The number of sulfonamides is 1. The maximum absolute atomic E-state index is 13.1. The van der Waals surface area contributed by atoms with Crippen molar-refractivity contribution in [2.75, 3.05) is 26.2 Å². The SMILES string of the molecule is Cc1ccc(S(=O)(=O)N2CCN(C(=O)Cn3cnc4sc5c(c4c3=O)CCC5)CC2)c(C)c1. The van der Waals surface area contributed by atoms with Crippen LogP contribution in [0.2, 0.25) is 0 Å². The summed E-state index contributed by atoms with van der Waals surface area (Å²) in [5.41, 5.74) is 2.66. The van der Waals surface area contributed by atoms with Gasteiger partial charge in [0.05, 0.1) is 16.6 Å². The first-order chi connectivity index (χ1) is 15.8. The molecule has 0 unspecified atom stereocenters. The van der Waals surface area contributed by atoms with Crippen LogP contribution >= 0.6 is 11.3 Å². The predicted molar refractivity (Wildman–Crippen MR) is 127 cm³/mol. The molecule has 8 nitrogen and oxygen atoms in total. The summed E-state index contributed by atoms with van der Waals surface area (Å²) in [6.45, 7) is 4.68. The van der Waals surface area contributed by atoms with Crippen LogP contribution in [-0.4, -0.2) is 59.3 Å². The lowest BCUT2D eigenvalue weighted by Crippen LogP contribution is -2.51. The molecular formula is C23H26N4O4S2. The van der Waals surface area contributed by atoms with Gasteiger partial charge in [-0.1, -0.05) is 17.7 Å². The van der Waals surface area contributed by atoms with Gasteiger partial charge in [-0.2, -0.15) is 4.31 Å². The van der Waals surface area contributed by atoms with Gasteiger partial charge in [0, 0.05) is 31.1 Å². The van der Waals surface area contributed by atoms with Gasteiger partial charge in [0.2, 0.25) is 15.9 Å². The summed E-state index contributed by atoms with van der Waals surface area (Å²) in [4.78, 5) is 34.3. The molecule has 1 aliphatic heterocycles. The van der Waals surface area contributed by atoms with Crippen molar-refractivity contribution in [1.29, 1.82) is 0 Å². The summed E-state index contributed by atoms with van der Waals surface area (Å²) in [5, 5.41) is 0.659. The molecule has 10 heteroatoms. The van der Waals surface area contributed by atoms with Crippen molar-refractivity contribution in [2.45, 2.75) is 44.6 Å². The molecule has 0 saturated carbocycles. The molecule has 1 fully saturated rings. The van der Waals surface area contributed by atoms with Crippen LogP contribution in [0, 0.1) is 13.8 Å². The van der Waals surface area contributed by atoms with Crippen LogP contribution in [0.3, 0.4) is 0 Å². The Bertz CT molecular complexity index is 1420. The molecule has 0 radical (unpaired) electrons. The Morgan fingerprint density at radius 3 is 2.61 bits per heavy atom. The number of benzene rings is 1. The van der Waals surface area contributed by atoms with Crippen molar-refractivity contribution in [2.24, 2.45) is 0 Å². The Balaban J connectivity index is 1.28. The van der Waals surface area contributed by atoms with Crippen molar-refractivity contribution < 1.29 is 13.2 Å². The molecule has 1 aromatic carbocycles. The third-order valence-electron chi connectivity index (χ3n) is 6.54. The normalized spacial score (nSPS) is 17.0. The Hall–Kier alpha value is -2.56. The summed E-state index contributed by atoms with van der Waals surface area (Å²) in [7, 11) is -3.62. The van der Waals surface area contributed by atoms with Gasteiger partial charge in [-0.25, -0.2) is 13.4 Å². The number of fused-ring (bicyclic) bond motifs is 3. The highest BCUT2D eigenvalue weighted by molar-refractivity contribution is 7.89. The minimum absolute atomic E-state index is 0.0871. The van der Waals surface area contributed by atoms with Gasteiger partial charge in [0.15, 0.2) is 0 Å². The first-order valence-electron chi connectivity index (χ1n) is 11.1. The quantitative estimate of drug-likeness (QED) is 0.563. The number of aromatic nitrogens is 2. The molecule has 1 aliphatic carbocycles. The molecule has 2 aromatic heterocycles. The first kappa shape index (κ1) is 22.2. The average molecular weight is 487 g/mol. The van der Waals surface area contributed by atoms with E-state index in [9.17, 15) is 18.0 Å². The minimum atomic E-state index is -3.62. The van der Waals surface area contributed by atoms with Crippen molar-refractivity contribution in [3.8, 4) is 0 Å². The average Bonchev–Trinajstić information content (AvgIpc) is 3.37. The van der Waals surface area contributed by atoms with Crippen LogP contribution in [-0.2, 0) is 34.2 Å². The van der Waals surface area contributed by atoms with Crippen molar-refractivity contribution in [1.82, 2.24) is 18.8 Å². The van der Waals surface area contributed by atoms with Gasteiger partial charge in [0.1, 0.15) is 11.4 Å². The standard InChI is InChI=1S/C23H26N4O4S2/c1-15-6-7-19(16(2)12-15)33(30,31)27-10-8-25(9-11-27)20(28)13-26-14-24-22-21(23(26)29)17-4-3-5-18(17)32-22/h6-7,12,14H,3-5,8-11,13H2,1-2H3. The fraction of sp³-hybridized carbons (Fsp3) is 0.435. The molecule has 3 aromatic rings. The number of hydrogen-bond donors (Lipinski definition) is 0. The van der Waals surface area contributed by atoms with Crippen LogP contribution in [0.15, 0.2) is 34.2 Å². The highest BCUT2D eigenvalue weighted by Gasteiger charge is 2.31. The number of hydrogen-bond acceptors (Lipinski definition) is 6. The Labute approximate surface area is 196 Å². The summed E-state index contributed by atoms with van der Waals surface area (Å²) in [6, 6.07) is 5.30. The maximum Gasteiger partial charge on any atom is 0.262 e. The van der Waals surface area contributed by atoms with Crippen molar-refractivity contribution in [3.63, 3.8) is 0 Å². The van der Waals surface area contributed by atoms with Crippen molar-refractivity contribution >= 4 is 37.5 Å². The number of carbonyl (C=O) groups excluding carboxylic acids is 1. The van der Waals surface area contributed by atoms with Gasteiger partial charge in [-0.3, -0.25) is 14.2 Å². The van der Waals surface area contributed by atoms with Crippen LogP contribution < -0.4 is 5.56 Å². The second-order valence-electron chi connectivity index (χ2n) is 8.77. The zero-order chi connectivity index (χ0) is 23.3. The number of carbonyl (C=O) groups is 1. The lowest BCUT2D eigenvalue weighted by atomic mass is 10.2. The lowest BCUT2D eigenvalue weighted by molar-refractivity contribution is -0.133. The zero-order valence-electron chi connectivity index (χ0n) is 18.7. The highest BCUT2D eigenvalue weighted by atomic mass is 32.2. The fourth-order valence-electron chi connectivity index (χ4n) is 4.78. The molecular weight excluding hydrogens is 460 g/mol.